The number of para-hydroxylation sites is 2. The van der Waals surface area contributed by atoms with Crippen molar-refractivity contribution in [3.8, 4) is 5.69 Å². The molecule has 2 aromatic carbocycles. The molecule has 2 heterocycles. The minimum atomic E-state index is -4.70. The van der Waals surface area contributed by atoms with Gasteiger partial charge in [-0.3, -0.25) is 0 Å². The van der Waals surface area contributed by atoms with Crippen molar-refractivity contribution in [2.45, 2.75) is 24.9 Å². The number of aromatic nitrogens is 4. The van der Waals surface area contributed by atoms with Gasteiger partial charge in [0.25, 0.3) is 0 Å². The van der Waals surface area contributed by atoms with E-state index in [2.05, 4.69) is 15.5 Å². The van der Waals surface area contributed by atoms with Gasteiger partial charge in [0, 0.05) is 6.54 Å². The maximum Gasteiger partial charge on any atom is 0.416 e. The van der Waals surface area contributed by atoms with Crippen LogP contribution in [-0.2, 0) is 12.7 Å². The van der Waals surface area contributed by atoms with Gasteiger partial charge in [0.2, 0.25) is 0 Å². The SMILES string of the molecule is FC(F)(F)c1ccc(CN2c3ccccc3-n3nnnc3C2C(F)(F)F)cc1. The van der Waals surface area contributed by atoms with Gasteiger partial charge in [-0.2, -0.15) is 31.0 Å². The molecular formula is C17H11F6N5. The van der Waals surface area contributed by atoms with E-state index in [4.69, 9.17) is 0 Å². The van der Waals surface area contributed by atoms with E-state index in [0.29, 0.717) is 5.69 Å². The van der Waals surface area contributed by atoms with E-state index < -0.39 is 29.8 Å². The van der Waals surface area contributed by atoms with Crippen LogP contribution < -0.4 is 4.90 Å². The number of benzene rings is 2. The molecule has 28 heavy (non-hydrogen) atoms. The number of fused-ring (bicyclic) bond motifs is 3. The molecule has 3 aromatic rings. The molecule has 0 saturated carbocycles. The molecule has 1 aromatic heterocycles. The van der Waals surface area contributed by atoms with Gasteiger partial charge >= 0.3 is 12.4 Å². The lowest BCUT2D eigenvalue weighted by Gasteiger charge is -2.38. The Balaban J connectivity index is 1.78. The number of halogens is 6. The molecule has 0 N–H and O–H groups in total. The Kier molecular flexibility index (Phi) is 4.05. The van der Waals surface area contributed by atoms with Crippen molar-refractivity contribution < 1.29 is 26.3 Å². The zero-order chi connectivity index (χ0) is 20.1. The summed E-state index contributed by atoms with van der Waals surface area (Å²) in [4.78, 5) is 1.05. The zero-order valence-electron chi connectivity index (χ0n) is 13.9. The molecular weight excluding hydrogens is 388 g/mol. The second-order valence-electron chi connectivity index (χ2n) is 6.20. The summed E-state index contributed by atoms with van der Waals surface area (Å²) in [6.45, 7) is -0.272. The predicted octanol–water partition coefficient (Wildman–Crippen LogP) is 4.30. The zero-order valence-corrected chi connectivity index (χ0v) is 13.9. The molecule has 1 atom stereocenters. The summed E-state index contributed by atoms with van der Waals surface area (Å²) in [6.07, 6.45) is -9.22. The molecule has 0 spiro atoms. The Morgan fingerprint density at radius 1 is 0.857 bits per heavy atom. The molecule has 0 fully saturated rings. The molecule has 0 bridgehead atoms. The van der Waals surface area contributed by atoms with Crippen LogP contribution >= 0.6 is 0 Å². The summed E-state index contributed by atoms with van der Waals surface area (Å²) in [5, 5.41) is 10.5. The second kappa shape index (κ2) is 6.21. The average molecular weight is 399 g/mol. The molecule has 0 saturated heterocycles. The molecule has 5 nitrogen and oxygen atoms in total. The van der Waals surface area contributed by atoms with Crippen molar-refractivity contribution in [2.24, 2.45) is 0 Å². The lowest BCUT2D eigenvalue weighted by Crippen LogP contribution is -2.43. The third-order valence-electron chi connectivity index (χ3n) is 4.41. The van der Waals surface area contributed by atoms with E-state index in [9.17, 15) is 26.3 Å². The van der Waals surface area contributed by atoms with Gasteiger partial charge in [0.05, 0.1) is 16.9 Å². The van der Waals surface area contributed by atoms with E-state index in [-0.39, 0.29) is 17.8 Å². The monoisotopic (exact) mass is 399 g/mol. The topological polar surface area (TPSA) is 46.8 Å². The first-order chi connectivity index (χ1) is 13.2. The van der Waals surface area contributed by atoms with E-state index >= 15 is 0 Å². The highest BCUT2D eigenvalue weighted by Gasteiger charge is 2.51. The fourth-order valence-electron chi connectivity index (χ4n) is 3.20. The highest BCUT2D eigenvalue weighted by molar-refractivity contribution is 5.66. The largest absolute Gasteiger partial charge is 0.416 e. The lowest BCUT2D eigenvalue weighted by atomic mass is 10.1. The molecule has 0 amide bonds. The molecule has 11 heteroatoms. The van der Waals surface area contributed by atoms with Crippen LogP contribution in [0.2, 0.25) is 0 Å². The van der Waals surface area contributed by atoms with Gasteiger partial charge in [-0.05, 0) is 40.3 Å². The van der Waals surface area contributed by atoms with Crippen LogP contribution in [0.3, 0.4) is 0 Å². The normalized spacial score (nSPS) is 16.6. The maximum atomic E-state index is 13.9. The van der Waals surface area contributed by atoms with Crippen molar-refractivity contribution in [1.29, 1.82) is 0 Å². The van der Waals surface area contributed by atoms with Crippen LogP contribution in [0.15, 0.2) is 48.5 Å². The van der Waals surface area contributed by atoms with Crippen LogP contribution in [-0.4, -0.2) is 26.4 Å². The number of hydrogen-bond donors (Lipinski definition) is 0. The number of hydrogen-bond acceptors (Lipinski definition) is 4. The first kappa shape index (κ1) is 18.3. The Morgan fingerprint density at radius 3 is 2.11 bits per heavy atom. The summed E-state index contributed by atoms with van der Waals surface area (Å²) in [6, 6.07) is 8.14. The van der Waals surface area contributed by atoms with Crippen LogP contribution in [0.25, 0.3) is 5.69 Å². The molecule has 1 unspecified atom stereocenters. The third-order valence-corrected chi connectivity index (χ3v) is 4.41. The van der Waals surface area contributed by atoms with Crippen LogP contribution in [0, 0.1) is 0 Å². The fourth-order valence-corrected chi connectivity index (χ4v) is 3.20. The van der Waals surface area contributed by atoms with Crippen molar-refractivity contribution in [1.82, 2.24) is 20.2 Å². The first-order valence-electron chi connectivity index (χ1n) is 8.03. The highest BCUT2D eigenvalue weighted by atomic mass is 19.4. The van der Waals surface area contributed by atoms with Crippen molar-refractivity contribution in [2.75, 3.05) is 4.90 Å². The quantitative estimate of drug-likeness (QED) is 0.603. The Hall–Kier alpha value is -3.11. The number of anilines is 1. The van der Waals surface area contributed by atoms with Gasteiger partial charge in [-0.15, -0.1) is 5.10 Å². The number of tetrazole rings is 1. The van der Waals surface area contributed by atoms with E-state index in [1.165, 1.54) is 6.07 Å². The predicted molar refractivity (Wildman–Crippen MR) is 85.6 cm³/mol. The van der Waals surface area contributed by atoms with Crippen molar-refractivity contribution in [3.05, 3.63) is 65.5 Å². The first-order valence-corrected chi connectivity index (χ1v) is 8.03. The van der Waals surface area contributed by atoms with Gasteiger partial charge in [0.1, 0.15) is 0 Å². The molecule has 1 aliphatic rings. The highest BCUT2D eigenvalue weighted by Crippen LogP contribution is 2.45. The molecule has 0 radical (unpaired) electrons. The lowest BCUT2D eigenvalue weighted by molar-refractivity contribution is -0.153. The van der Waals surface area contributed by atoms with Gasteiger partial charge in [0.15, 0.2) is 11.9 Å². The minimum absolute atomic E-state index is 0.226. The van der Waals surface area contributed by atoms with Crippen LogP contribution in [0.1, 0.15) is 23.0 Å². The Morgan fingerprint density at radius 2 is 1.50 bits per heavy atom. The molecule has 0 aliphatic carbocycles. The Bertz CT molecular complexity index is 992. The number of rotatable bonds is 2. The van der Waals surface area contributed by atoms with Gasteiger partial charge in [-0.25, -0.2) is 0 Å². The Labute approximate surface area is 154 Å². The second-order valence-corrected chi connectivity index (χ2v) is 6.20. The summed E-state index contributed by atoms with van der Waals surface area (Å²) in [5.41, 5.74) is 0.00372. The van der Waals surface area contributed by atoms with Gasteiger partial charge in [-0.1, -0.05) is 24.3 Å². The van der Waals surface area contributed by atoms with Gasteiger partial charge < -0.3 is 4.90 Å². The van der Waals surface area contributed by atoms with Crippen molar-refractivity contribution >= 4 is 5.69 Å². The molecule has 1 aliphatic heterocycles. The smallest absolute Gasteiger partial charge is 0.347 e. The third kappa shape index (κ3) is 3.06. The summed E-state index contributed by atoms with van der Waals surface area (Å²) in [5.74, 6) is -0.405. The minimum Gasteiger partial charge on any atom is -0.347 e. The molecule has 4 rings (SSSR count). The van der Waals surface area contributed by atoms with Crippen molar-refractivity contribution in [3.63, 3.8) is 0 Å². The maximum absolute atomic E-state index is 13.9. The fraction of sp³-hybridized carbons (Fsp3) is 0.235. The van der Waals surface area contributed by atoms with E-state index in [1.807, 2.05) is 0 Å². The van der Waals surface area contributed by atoms with Crippen LogP contribution in [0.4, 0.5) is 32.0 Å². The standard InChI is InChI=1S/C17H11F6N5/c18-16(19,20)11-7-5-10(6-8-11)9-27-12-3-1-2-4-13(12)28-15(24-25-26-28)14(27)17(21,22)23/h1-8,14H,9H2. The van der Waals surface area contributed by atoms with E-state index in [1.54, 1.807) is 18.2 Å². The number of nitrogens with zero attached hydrogens (tertiary/aromatic N) is 5. The number of alkyl halides is 6. The summed E-state index contributed by atoms with van der Waals surface area (Å²) >= 11 is 0. The summed E-state index contributed by atoms with van der Waals surface area (Å²) < 4.78 is 80.8. The summed E-state index contributed by atoms with van der Waals surface area (Å²) in [7, 11) is 0. The van der Waals surface area contributed by atoms with E-state index in [0.717, 1.165) is 33.8 Å². The van der Waals surface area contributed by atoms with Crippen LogP contribution in [0.5, 0.6) is 0 Å². The average Bonchev–Trinajstić information content (AvgIpc) is 3.10. The molecule has 146 valence electrons.